The van der Waals surface area contributed by atoms with Crippen molar-refractivity contribution in [2.45, 2.75) is 26.4 Å². The van der Waals surface area contributed by atoms with Crippen molar-refractivity contribution in [2.75, 3.05) is 7.05 Å². The van der Waals surface area contributed by atoms with Gasteiger partial charge in [0, 0.05) is 34.5 Å². The van der Waals surface area contributed by atoms with Crippen LogP contribution in [0.25, 0.3) is 22.4 Å². The molecule has 0 spiro atoms. The Balaban J connectivity index is 1.50. The van der Waals surface area contributed by atoms with Crippen LogP contribution >= 0.6 is 11.6 Å². The Morgan fingerprint density at radius 2 is 1.74 bits per heavy atom. The minimum atomic E-state index is 0.498. The molecule has 2 aromatic carbocycles. The van der Waals surface area contributed by atoms with E-state index in [9.17, 15) is 0 Å². The van der Waals surface area contributed by atoms with E-state index in [1.165, 1.54) is 5.56 Å². The van der Waals surface area contributed by atoms with Crippen LogP contribution in [0.5, 0.6) is 0 Å². The highest BCUT2D eigenvalue weighted by molar-refractivity contribution is 6.30. The third-order valence-electron chi connectivity index (χ3n) is 4.49. The molecule has 0 fully saturated rings. The zero-order chi connectivity index (χ0) is 18.8. The number of hydrogen-bond acceptors (Lipinski definition) is 5. The standard InChI is InChI=1S/C21H20ClN3O2/c1-3-18-17(16-6-4-5-7-19(16)26-18)12-25(2)13-20-23-24-21(27-20)14-8-10-15(22)11-9-14/h4-11H,3,12-13H2,1-2H3. The van der Waals surface area contributed by atoms with Gasteiger partial charge in [0.15, 0.2) is 0 Å². The molecular formula is C21H20ClN3O2. The van der Waals surface area contributed by atoms with E-state index in [1.807, 2.05) is 49.5 Å². The second-order valence-electron chi connectivity index (χ2n) is 6.53. The van der Waals surface area contributed by atoms with Crippen molar-refractivity contribution < 1.29 is 8.83 Å². The van der Waals surface area contributed by atoms with Crippen LogP contribution in [-0.4, -0.2) is 22.1 Å². The minimum absolute atomic E-state index is 0.498. The van der Waals surface area contributed by atoms with Gasteiger partial charge in [-0.05, 0) is 37.4 Å². The number of fused-ring (bicyclic) bond motifs is 1. The van der Waals surface area contributed by atoms with Gasteiger partial charge in [0.25, 0.3) is 0 Å². The van der Waals surface area contributed by atoms with Crippen LogP contribution in [0.4, 0.5) is 0 Å². The molecule has 4 rings (SSSR count). The molecule has 6 heteroatoms. The van der Waals surface area contributed by atoms with Crippen molar-refractivity contribution in [3.8, 4) is 11.5 Å². The van der Waals surface area contributed by atoms with Gasteiger partial charge in [-0.3, -0.25) is 4.90 Å². The first-order valence-electron chi connectivity index (χ1n) is 8.90. The van der Waals surface area contributed by atoms with E-state index in [-0.39, 0.29) is 0 Å². The number of benzene rings is 2. The molecular weight excluding hydrogens is 362 g/mol. The average molecular weight is 382 g/mol. The molecule has 0 aliphatic rings. The van der Waals surface area contributed by atoms with Crippen LogP contribution in [0.1, 0.15) is 24.1 Å². The van der Waals surface area contributed by atoms with Gasteiger partial charge in [-0.25, -0.2) is 0 Å². The molecule has 0 aliphatic heterocycles. The van der Waals surface area contributed by atoms with E-state index in [0.717, 1.165) is 35.3 Å². The van der Waals surface area contributed by atoms with E-state index in [2.05, 4.69) is 28.1 Å². The van der Waals surface area contributed by atoms with Gasteiger partial charge in [-0.1, -0.05) is 36.7 Å². The van der Waals surface area contributed by atoms with Crippen molar-refractivity contribution in [3.05, 3.63) is 70.8 Å². The van der Waals surface area contributed by atoms with Gasteiger partial charge in [0.2, 0.25) is 11.8 Å². The Labute approximate surface area is 162 Å². The molecule has 0 radical (unpaired) electrons. The third kappa shape index (κ3) is 3.75. The lowest BCUT2D eigenvalue weighted by molar-refractivity contribution is 0.281. The highest BCUT2D eigenvalue weighted by Crippen LogP contribution is 2.28. The summed E-state index contributed by atoms with van der Waals surface area (Å²) in [7, 11) is 2.04. The van der Waals surface area contributed by atoms with Crippen LogP contribution in [0.3, 0.4) is 0 Å². The molecule has 0 aliphatic carbocycles. The first-order valence-corrected chi connectivity index (χ1v) is 9.28. The van der Waals surface area contributed by atoms with E-state index in [4.69, 9.17) is 20.4 Å². The van der Waals surface area contributed by atoms with Crippen molar-refractivity contribution >= 4 is 22.6 Å². The monoisotopic (exact) mass is 381 g/mol. The zero-order valence-electron chi connectivity index (χ0n) is 15.3. The topological polar surface area (TPSA) is 55.3 Å². The van der Waals surface area contributed by atoms with Crippen LogP contribution < -0.4 is 0 Å². The maximum atomic E-state index is 5.98. The number of hydrogen-bond donors (Lipinski definition) is 0. The van der Waals surface area contributed by atoms with E-state index in [0.29, 0.717) is 23.3 Å². The Kier molecular flexibility index (Phi) is 4.97. The predicted octanol–water partition coefficient (Wildman–Crippen LogP) is 5.33. The summed E-state index contributed by atoms with van der Waals surface area (Å²) in [5.41, 5.74) is 3.00. The SMILES string of the molecule is CCc1oc2ccccc2c1CN(C)Cc1nnc(-c2ccc(Cl)cc2)o1. The Hall–Kier alpha value is -2.63. The number of nitrogens with zero attached hydrogens (tertiary/aromatic N) is 3. The predicted molar refractivity (Wildman–Crippen MR) is 106 cm³/mol. The summed E-state index contributed by atoms with van der Waals surface area (Å²) >= 11 is 5.93. The number of rotatable bonds is 6. The Morgan fingerprint density at radius 1 is 0.963 bits per heavy atom. The van der Waals surface area contributed by atoms with Crippen LogP contribution in [-0.2, 0) is 19.5 Å². The van der Waals surface area contributed by atoms with Crippen molar-refractivity contribution in [3.63, 3.8) is 0 Å². The highest BCUT2D eigenvalue weighted by Gasteiger charge is 2.16. The molecule has 0 saturated carbocycles. The summed E-state index contributed by atoms with van der Waals surface area (Å²) in [6, 6.07) is 15.5. The van der Waals surface area contributed by atoms with Gasteiger partial charge < -0.3 is 8.83 Å². The summed E-state index contributed by atoms with van der Waals surface area (Å²) in [5.74, 6) is 2.10. The molecule has 0 saturated heterocycles. The van der Waals surface area contributed by atoms with E-state index >= 15 is 0 Å². The molecule has 0 atom stereocenters. The molecule has 138 valence electrons. The lowest BCUT2D eigenvalue weighted by atomic mass is 10.1. The molecule has 27 heavy (non-hydrogen) atoms. The summed E-state index contributed by atoms with van der Waals surface area (Å²) in [6.45, 7) is 3.42. The normalized spacial score (nSPS) is 11.6. The molecule has 5 nitrogen and oxygen atoms in total. The second-order valence-corrected chi connectivity index (χ2v) is 6.97. The first-order chi connectivity index (χ1) is 13.1. The molecule has 0 bridgehead atoms. The highest BCUT2D eigenvalue weighted by atomic mass is 35.5. The summed E-state index contributed by atoms with van der Waals surface area (Å²) in [4.78, 5) is 2.15. The first kappa shape index (κ1) is 17.8. The fourth-order valence-electron chi connectivity index (χ4n) is 3.19. The van der Waals surface area contributed by atoms with Gasteiger partial charge in [-0.15, -0.1) is 10.2 Å². The lowest BCUT2D eigenvalue weighted by Crippen LogP contribution is -2.18. The van der Waals surface area contributed by atoms with Gasteiger partial charge in [0.05, 0.1) is 6.54 Å². The number of aromatic nitrogens is 2. The minimum Gasteiger partial charge on any atom is -0.461 e. The van der Waals surface area contributed by atoms with E-state index in [1.54, 1.807) is 0 Å². The maximum Gasteiger partial charge on any atom is 0.247 e. The maximum absolute atomic E-state index is 5.98. The molecule has 0 amide bonds. The van der Waals surface area contributed by atoms with Crippen molar-refractivity contribution in [1.82, 2.24) is 15.1 Å². The largest absolute Gasteiger partial charge is 0.461 e. The fourth-order valence-corrected chi connectivity index (χ4v) is 3.32. The van der Waals surface area contributed by atoms with Crippen LogP contribution in [0.15, 0.2) is 57.4 Å². The quantitative estimate of drug-likeness (QED) is 0.451. The van der Waals surface area contributed by atoms with E-state index < -0.39 is 0 Å². The molecule has 2 aromatic heterocycles. The number of para-hydroxylation sites is 1. The summed E-state index contributed by atoms with van der Waals surface area (Å²) < 4.78 is 11.8. The fraction of sp³-hybridized carbons (Fsp3) is 0.238. The third-order valence-corrected chi connectivity index (χ3v) is 4.75. The van der Waals surface area contributed by atoms with Gasteiger partial charge in [0.1, 0.15) is 11.3 Å². The Morgan fingerprint density at radius 3 is 2.52 bits per heavy atom. The number of furan rings is 1. The van der Waals surface area contributed by atoms with Crippen LogP contribution in [0, 0.1) is 0 Å². The molecule has 4 aromatic rings. The molecule has 0 unspecified atom stereocenters. The van der Waals surface area contributed by atoms with Gasteiger partial charge >= 0.3 is 0 Å². The average Bonchev–Trinajstić information content (AvgIpc) is 3.27. The molecule has 0 N–H and O–H groups in total. The van der Waals surface area contributed by atoms with Crippen LogP contribution in [0.2, 0.25) is 5.02 Å². The van der Waals surface area contributed by atoms with Gasteiger partial charge in [-0.2, -0.15) is 0 Å². The summed E-state index contributed by atoms with van der Waals surface area (Å²) in [5, 5.41) is 10.2. The lowest BCUT2D eigenvalue weighted by Gasteiger charge is -2.14. The van der Waals surface area contributed by atoms with Crippen molar-refractivity contribution in [1.29, 1.82) is 0 Å². The zero-order valence-corrected chi connectivity index (χ0v) is 16.0. The Bertz CT molecular complexity index is 1050. The summed E-state index contributed by atoms with van der Waals surface area (Å²) in [6.07, 6.45) is 0.860. The van der Waals surface area contributed by atoms with Crippen molar-refractivity contribution in [2.24, 2.45) is 0 Å². The molecule has 2 heterocycles. The number of halogens is 1. The smallest absolute Gasteiger partial charge is 0.247 e. The second kappa shape index (κ2) is 7.55. The number of aryl methyl sites for hydroxylation is 1.